The Bertz CT molecular complexity index is 735. The van der Waals surface area contributed by atoms with E-state index < -0.39 is 0 Å². The molecule has 3 aromatic rings. The molecule has 21 heavy (non-hydrogen) atoms. The lowest BCUT2D eigenvalue weighted by Crippen LogP contribution is -2.11. The van der Waals surface area contributed by atoms with Gasteiger partial charge in [0.25, 0.3) is 0 Å². The molecule has 4 heteroatoms. The van der Waals surface area contributed by atoms with E-state index in [4.69, 9.17) is 22.3 Å². The average molecular weight is 315 g/mol. The molecule has 0 aliphatic carbocycles. The molecule has 3 rings (SSSR count). The van der Waals surface area contributed by atoms with Gasteiger partial charge in [0.05, 0.1) is 11.7 Å². The molecule has 1 aromatic heterocycles. The summed E-state index contributed by atoms with van der Waals surface area (Å²) in [7, 11) is 0. The number of aryl methyl sites for hydroxylation is 1. The van der Waals surface area contributed by atoms with Gasteiger partial charge in [0.2, 0.25) is 0 Å². The summed E-state index contributed by atoms with van der Waals surface area (Å²) in [6.07, 6.45) is 0. The van der Waals surface area contributed by atoms with E-state index in [1.165, 1.54) is 4.88 Å². The van der Waals surface area contributed by atoms with E-state index >= 15 is 0 Å². The van der Waals surface area contributed by atoms with Crippen LogP contribution in [0, 0.1) is 6.92 Å². The van der Waals surface area contributed by atoms with E-state index in [2.05, 4.69) is 19.1 Å². The predicted octanol–water partition coefficient (Wildman–Crippen LogP) is 4.82. The average Bonchev–Trinajstić information content (AvgIpc) is 2.90. The van der Waals surface area contributed by atoms with Gasteiger partial charge in [0.15, 0.2) is 0 Å². The number of hydrogen-bond acceptors (Lipinski definition) is 3. The van der Waals surface area contributed by atoms with Crippen molar-refractivity contribution in [3.05, 3.63) is 75.1 Å². The van der Waals surface area contributed by atoms with Crippen molar-refractivity contribution in [2.24, 2.45) is 5.73 Å². The van der Waals surface area contributed by atoms with Crippen LogP contribution in [0.3, 0.4) is 0 Å². The van der Waals surface area contributed by atoms with Gasteiger partial charge >= 0.3 is 0 Å². The lowest BCUT2D eigenvalue weighted by Gasteiger charge is -2.08. The van der Waals surface area contributed by atoms with Crippen molar-refractivity contribution in [1.82, 2.24) is 4.98 Å². The maximum atomic E-state index is 6.33. The summed E-state index contributed by atoms with van der Waals surface area (Å²) in [5.74, 6) is 0. The largest absolute Gasteiger partial charge is 0.318 e. The number of benzene rings is 2. The fourth-order valence-electron chi connectivity index (χ4n) is 2.23. The van der Waals surface area contributed by atoms with Crippen LogP contribution in [0.4, 0.5) is 0 Å². The van der Waals surface area contributed by atoms with Crippen LogP contribution in [0.15, 0.2) is 54.6 Å². The molecule has 0 aliphatic heterocycles. The summed E-state index contributed by atoms with van der Waals surface area (Å²) in [4.78, 5) is 5.92. The van der Waals surface area contributed by atoms with E-state index in [1.807, 2.05) is 42.5 Å². The van der Waals surface area contributed by atoms with Gasteiger partial charge in [-0.25, -0.2) is 4.98 Å². The standard InChI is InChI=1S/C17H15ClN2S/c1-11-16(13-5-3-2-4-6-13)20-17(21-11)15(19)12-7-9-14(18)10-8-12/h2-10,15H,19H2,1H3. The van der Waals surface area contributed by atoms with Gasteiger partial charge in [0, 0.05) is 15.5 Å². The molecule has 0 radical (unpaired) electrons. The van der Waals surface area contributed by atoms with Gasteiger partial charge in [-0.2, -0.15) is 0 Å². The molecule has 0 amide bonds. The van der Waals surface area contributed by atoms with Crippen LogP contribution in [0.2, 0.25) is 5.02 Å². The minimum atomic E-state index is -0.219. The van der Waals surface area contributed by atoms with Crippen LogP contribution in [-0.2, 0) is 0 Å². The first-order valence-corrected chi connectivity index (χ1v) is 7.88. The molecule has 2 aromatic carbocycles. The predicted molar refractivity (Wildman–Crippen MR) is 89.8 cm³/mol. The highest BCUT2D eigenvalue weighted by Gasteiger charge is 2.16. The first-order valence-electron chi connectivity index (χ1n) is 6.69. The minimum absolute atomic E-state index is 0.219. The fourth-order valence-corrected chi connectivity index (χ4v) is 3.33. The van der Waals surface area contributed by atoms with Gasteiger partial charge in [-0.05, 0) is 24.6 Å². The molecule has 106 valence electrons. The smallest absolute Gasteiger partial charge is 0.115 e. The highest BCUT2D eigenvalue weighted by atomic mass is 35.5. The monoisotopic (exact) mass is 314 g/mol. The quantitative estimate of drug-likeness (QED) is 0.752. The summed E-state index contributed by atoms with van der Waals surface area (Å²) in [5.41, 5.74) is 9.49. The van der Waals surface area contributed by atoms with Gasteiger partial charge in [-0.15, -0.1) is 11.3 Å². The second kappa shape index (κ2) is 5.98. The maximum absolute atomic E-state index is 6.33. The Morgan fingerprint density at radius 1 is 1.05 bits per heavy atom. The van der Waals surface area contributed by atoms with E-state index in [-0.39, 0.29) is 6.04 Å². The Balaban J connectivity index is 1.95. The topological polar surface area (TPSA) is 38.9 Å². The molecule has 0 saturated heterocycles. The summed E-state index contributed by atoms with van der Waals surface area (Å²) in [6, 6.07) is 17.6. The fraction of sp³-hybridized carbons (Fsp3) is 0.118. The molecule has 1 unspecified atom stereocenters. The Morgan fingerprint density at radius 3 is 2.38 bits per heavy atom. The Morgan fingerprint density at radius 2 is 1.71 bits per heavy atom. The molecular weight excluding hydrogens is 300 g/mol. The van der Waals surface area contributed by atoms with Crippen molar-refractivity contribution in [1.29, 1.82) is 0 Å². The summed E-state index contributed by atoms with van der Waals surface area (Å²) in [5, 5.41) is 1.64. The zero-order valence-electron chi connectivity index (χ0n) is 11.6. The molecule has 1 atom stereocenters. The molecular formula is C17H15ClN2S. The molecule has 0 spiro atoms. The highest BCUT2D eigenvalue weighted by Crippen LogP contribution is 2.32. The van der Waals surface area contributed by atoms with Crippen molar-refractivity contribution >= 4 is 22.9 Å². The molecule has 0 bridgehead atoms. The first-order chi connectivity index (χ1) is 10.1. The second-order valence-corrected chi connectivity index (χ2v) is 6.52. The molecule has 2 N–H and O–H groups in total. The van der Waals surface area contributed by atoms with Gasteiger partial charge in [-0.1, -0.05) is 54.1 Å². The minimum Gasteiger partial charge on any atom is -0.318 e. The van der Waals surface area contributed by atoms with Crippen molar-refractivity contribution in [2.45, 2.75) is 13.0 Å². The van der Waals surface area contributed by atoms with Gasteiger partial charge < -0.3 is 5.73 Å². The SMILES string of the molecule is Cc1sc(C(N)c2ccc(Cl)cc2)nc1-c1ccccc1. The summed E-state index contributed by atoms with van der Waals surface area (Å²) in [6.45, 7) is 2.08. The number of rotatable bonds is 3. The number of nitrogens with two attached hydrogens (primary N) is 1. The maximum Gasteiger partial charge on any atom is 0.115 e. The molecule has 0 aliphatic rings. The number of thiazole rings is 1. The van der Waals surface area contributed by atoms with Gasteiger partial charge in [-0.3, -0.25) is 0 Å². The number of hydrogen-bond donors (Lipinski definition) is 1. The van der Waals surface area contributed by atoms with E-state index in [1.54, 1.807) is 11.3 Å². The van der Waals surface area contributed by atoms with Crippen molar-refractivity contribution in [3.63, 3.8) is 0 Å². The number of aromatic nitrogens is 1. The molecule has 1 heterocycles. The third-order valence-corrected chi connectivity index (χ3v) is 4.66. The zero-order chi connectivity index (χ0) is 14.8. The molecule has 0 saturated carbocycles. The normalized spacial score (nSPS) is 12.3. The van der Waals surface area contributed by atoms with Crippen molar-refractivity contribution in [3.8, 4) is 11.3 Å². The Kier molecular flexibility index (Phi) is 4.06. The highest BCUT2D eigenvalue weighted by molar-refractivity contribution is 7.12. The Labute approximate surface area is 133 Å². The molecule has 2 nitrogen and oxygen atoms in total. The summed E-state index contributed by atoms with van der Waals surface area (Å²) < 4.78 is 0. The lowest BCUT2D eigenvalue weighted by molar-refractivity contribution is 0.859. The summed E-state index contributed by atoms with van der Waals surface area (Å²) >= 11 is 7.57. The Hall–Kier alpha value is -1.68. The lowest BCUT2D eigenvalue weighted by atomic mass is 10.1. The van der Waals surface area contributed by atoms with Crippen LogP contribution in [0.25, 0.3) is 11.3 Å². The van der Waals surface area contributed by atoms with Crippen molar-refractivity contribution in [2.75, 3.05) is 0 Å². The van der Waals surface area contributed by atoms with Crippen LogP contribution in [0.1, 0.15) is 21.5 Å². The number of halogens is 1. The van der Waals surface area contributed by atoms with E-state index in [9.17, 15) is 0 Å². The zero-order valence-corrected chi connectivity index (χ0v) is 13.2. The van der Waals surface area contributed by atoms with E-state index in [0.717, 1.165) is 21.8 Å². The van der Waals surface area contributed by atoms with Crippen LogP contribution in [-0.4, -0.2) is 4.98 Å². The molecule has 0 fully saturated rings. The first kappa shape index (κ1) is 14.3. The van der Waals surface area contributed by atoms with Crippen LogP contribution >= 0.6 is 22.9 Å². The third kappa shape index (κ3) is 3.00. The third-order valence-electron chi connectivity index (χ3n) is 3.36. The van der Waals surface area contributed by atoms with Gasteiger partial charge in [0.1, 0.15) is 5.01 Å². The van der Waals surface area contributed by atoms with Crippen LogP contribution in [0.5, 0.6) is 0 Å². The van der Waals surface area contributed by atoms with Crippen molar-refractivity contribution < 1.29 is 0 Å². The number of nitrogens with zero attached hydrogens (tertiary/aromatic N) is 1. The van der Waals surface area contributed by atoms with E-state index in [0.29, 0.717) is 5.02 Å². The second-order valence-electron chi connectivity index (χ2n) is 4.85. The van der Waals surface area contributed by atoms with Crippen LogP contribution < -0.4 is 5.73 Å².